The molecule has 0 aliphatic carbocycles. The summed E-state index contributed by atoms with van der Waals surface area (Å²) in [7, 11) is 3.04. The van der Waals surface area contributed by atoms with Crippen LogP contribution in [0.4, 0.5) is 5.69 Å². The van der Waals surface area contributed by atoms with Crippen molar-refractivity contribution in [3.63, 3.8) is 0 Å². The van der Waals surface area contributed by atoms with Gasteiger partial charge in [0.15, 0.2) is 11.6 Å². The molecular weight excluding hydrogens is 540 g/mol. The van der Waals surface area contributed by atoms with Crippen molar-refractivity contribution in [1.29, 1.82) is 0 Å². The lowest BCUT2D eigenvalue weighted by molar-refractivity contribution is -0.122. The van der Waals surface area contributed by atoms with Crippen LogP contribution in [0.5, 0.6) is 11.5 Å². The van der Waals surface area contributed by atoms with Gasteiger partial charge in [-0.3, -0.25) is 14.4 Å². The number of rotatable bonds is 6. The minimum Gasteiger partial charge on any atom is -0.497 e. The average molecular weight is 571 g/mol. The summed E-state index contributed by atoms with van der Waals surface area (Å²) in [6.07, 6.45) is 3.81. The zero-order valence-electron chi connectivity index (χ0n) is 24.0. The van der Waals surface area contributed by atoms with E-state index in [0.717, 1.165) is 16.7 Å². The number of para-hydroxylation sites is 1. The molecule has 214 valence electrons. The number of ketones is 2. The summed E-state index contributed by atoms with van der Waals surface area (Å²) in [6.45, 7) is 1.95. The van der Waals surface area contributed by atoms with Gasteiger partial charge in [-0.2, -0.15) is 0 Å². The summed E-state index contributed by atoms with van der Waals surface area (Å²) in [5, 5.41) is 3.08. The van der Waals surface area contributed by atoms with Crippen molar-refractivity contribution in [1.82, 2.24) is 4.90 Å². The molecule has 1 amide bonds. The number of carbonyl (C=O) groups is 3. The molecule has 3 aliphatic heterocycles. The number of hydrogen-bond acceptors (Lipinski definition) is 6. The number of nitrogens with one attached hydrogen (secondary N) is 1. The Morgan fingerprint density at radius 3 is 2.37 bits per heavy atom. The van der Waals surface area contributed by atoms with E-state index >= 15 is 0 Å². The fourth-order valence-corrected chi connectivity index (χ4v) is 7.23. The Morgan fingerprint density at radius 1 is 0.860 bits per heavy atom. The van der Waals surface area contributed by atoms with E-state index in [1.807, 2.05) is 84.8 Å². The Labute approximate surface area is 249 Å². The van der Waals surface area contributed by atoms with Crippen LogP contribution >= 0.6 is 0 Å². The molecule has 0 bridgehead atoms. The number of carbonyl (C=O) groups excluding carboxylic acids is 3. The Balaban J connectivity index is 1.53. The first-order valence-corrected chi connectivity index (χ1v) is 14.2. The van der Waals surface area contributed by atoms with Crippen molar-refractivity contribution >= 4 is 29.2 Å². The Morgan fingerprint density at radius 2 is 1.60 bits per heavy atom. The van der Waals surface area contributed by atoms with Gasteiger partial charge in [-0.1, -0.05) is 72.3 Å². The third kappa shape index (κ3) is 3.77. The Kier molecular flexibility index (Phi) is 6.20. The van der Waals surface area contributed by atoms with Gasteiger partial charge in [0.05, 0.1) is 31.7 Å². The number of aryl methyl sites for hydroxylation is 1. The number of methoxy groups -OCH3 is 2. The van der Waals surface area contributed by atoms with E-state index in [1.165, 1.54) is 7.11 Å². The third-order valence-corrected chi connectivity index (χ3v) is 9.13. The summed E-state index contributed by atoms with van der Waals surface area (Å²) < 4.78 is 11.0. The van der Waals surface area contributed by atoms with Crippen LogP contribution in [0.1, 0.15) is 49.0 Å². The topological polar surface area (TPSA) is 84.9 Å². The zero-order chi connectivity index (χ0) is 29.9. The molecule has 43 heavy (non-hydrogen) atoms. The van der Waals surface area contributed by atoms with Crippen LogP contribution in [0.15, 0.2) is 97.2 Å². The summed E-state index contributed by atoms with van der Waals surface area (Å²) >= 11 is 0. The fourth-order valence-electron chi connectivity index (χ4n) is 7.23. The number of nitrogens with zero attached hydrogens (tertiary/aromatic N) is 1. The highest BCUT2D eigenvalue weighted by molar-refractivity contribution is 6.17. The molecule has 0 aromatic heterocycles. The lowest BCUT2D eigenvalue weighted by atomic mass is 9.62. The summed E-state index contributed by atoms with van der Waals surface area (Å²) in [5.41, 5.74) is 3.56. The zero-order valence-corrected chi connectivity index (χ0v) is 24.0. The first-order valence-electron chi connectivity index (χ1n) is 14.2. The van der Waals surface area contributed by atoms with Crippen LogP contribution in [0, 0.1) is 12.8 Å². The first kappa shape index (κ1) is 26.7. The highest BCUT2D eigenvalue weighted by Crippen LogP contribution is 2.62. The van der Waals surface area contributed by atoms with Crippen molar-refractivity contribution < 1.29 is 23.9 Å². The van der Waals surface area contributed by atoms with E-state index in [2.05, 4.69) is 5.32 Å². The smallest absolute Gasteiger partial charge is 0.238 e. The highest BCUT2D eigenvalue weighted by atomic mass is 16.5. The van der Waals surface area contributed by atoms with Crippen molar-refractivity contribution in [2.24, 2.45) is 5.92 Å². The monoisotopic (exact) mass is 570 g/mol. The minimum atomic E-state index is -1.39. The molecule has 0 radical (unpaired) electrons. The second kappa shape index (κ2) is 9.98. The summed E-state index contributed by atoms with van der Waals surface area (Å²) in [4.78, 5) is 46.3. The number of ether oxygens (including phenoxy) is 2. The second-order valence-corrected chi connectivity index (χ2v) is 11.2. The molecule has 1 fully saturated rings. The Bertz CT molecular complexity index is 1830. The highest BCUT2D eigenvalue weighted by Gasteiger charge is 2.70. The number of hydrogen-bond donors (Lipinski definition) is 1. The molecule has 7 rings (SSSR count). The number of benzene rings is 4. The van der Waals surface area contributed by atoms with E-state index in [9.17, 15) is 14.4 Å². The molecule has 1 spiro atoms. The molecule has 0 unspecified atom stereocenters. The number of amides is 1. The second-order valence-electron chi connectivity index (χ2n) is 11.2. The van der Waals surface area contributed by atoms with Gasteiger partial charge in [-0.15, -0.1) is 0 Å². The van der Waals surface area contributed by atoms with Gasteiger partial charge >= 0.3 is 0 Å². The maximum Gasteiger partial charge on any atom is 0.238 e. The van der Waals surface area contributed by atoms with Crippen molar-refractivity contribution in [3.05, 3.63) is 131 Å². The molecule has 0 saturated carbocycles. The molecule has 3 aliphatic rings. The van der Waals surface area contributed by atoms with E-state index in [0.29, 0.717) is 33.9 Å². The van der Waals surface area contributed by atoms with Gasteiger partial charge < -0.3 is 19.7 Å². The molecule has 4 aromatic rings. The molecule has 3 heterocycles. The molecule has 7 nitrogen and oxygen atoms in total. The lowest BCUT2D eigenvalue weighted by Gasteiger charge is -2.38. The molecular formula is C36H30N2O5. The van der Waals surface area contributed by atoms with E-state index in [4.69, 9.17) is 9.47 Å². The summed E-state index contributed by atoms with van der Waals surface area (Å²) in [6, 6.07) is 26.1. The van der Waals surface area contributed by atoms with Crippen molar-refractivity contribution in [3.8, 4) is 11.5 Å². The number of anilines is 1. The number of Topliss-reactive ketones (excluding diaryl/α,β-unsaturated/α-hetero) is 2. The molecule has 4 atom stereocenters. The first-order chi connectivity index (χ1) is 20.9. The predicted molar refractivity (Wildman–Crippen MR) is 163 cm³/mol. The minimum absolute atomic E-state index is 0.266. The molecule has 4 aromatic carbocycles. The van der Waals surface area contributed by atoms with Gasteiger partial charge in [-0.25, -0.2) is 0 Å². The van der Waals surface area contributed by atoms with Gasteiger partial charge in [0, 0.05) is 23.5 Å². The normalized spacial score (nSPS) is 22.9. The van der Waals surface area contributed by atoms with Crippen LogP contribution in [0.25, 0.3) is 6.08 Å². The SMILES string of the molecule is COc1ccc(C(=O)[C@H]2[C@@H](C(=O)c3ccc(C)cc3)[C@@]3(C(=O)Nc4ccccc43)[C@H]3c4ccccc4C=CN23)c(OC)c1. The molecule has 7 heteroatoms. The predicted octanol–water partition coefficient (Wildman–Crippen LogP) is 5.99. The number of fused-ring (bicyclic) bond motifs is 6. The van der Waals surface area contributed by atoms with Gasteiger partial charge in [0.1, 0.15) is 23.0 Å². The van der Waals surface area contributed by atoms with Crippen LogP contribution in [0.2, 0.25) is 0 Å². The van der Waals surface area contributed by atoms with E-state index < -0.39 is 23.4 Å². The maximum absolute atomic E-state index is 14.9. The molecule has 1 saturated heterocycles. The van der Waals surface area contributed by atoms with Crippen LogP contribution < -0.4 is 14.8 Å². The van der Waals surface area contributed by atoms with Crippen LogP contribution in [-0.4, -0.2) is 42.6 Å². The van der Waals surface area contributed by atoms with Gasteiger partial charge in [-0.05, 0) is 47.9 Å². The van der Waals surface area contributed by atoms with Gasteiger partial charge in [0.25, 0.3) is 0 Å². The fraction of sp³-hybridized carbons (Fsp3) is 0.194. The van der Waals surface area contributed by atoms with Crippen molar-refractivity contribution in [2.45, 2.75) is 24.4 Å². The van der Waals surface area contributed by atoms with Gasteiger partial charge in [0.2, 0.25) is 5.91 Å². The average Bonchev–Trinajstić information content (AvgIpc) is 3.52. The lowest BCUT2D eigenvalue weighted by Crippen LogP contribution is -2.49. The maximum atomic E-state index is 14.9. The van der Waals surface area contributed by atoms with Crippen LogP contribution in [-0.2, 0) is 10.2 Å². The van der Waals surface area contributed by atoms with Crippen LogP contribution in [0.3, 0.4) is 0 Å². The third-order valence-electron chi connectivity index (χ3n) is 9.13. The van der Waals surface area contributed by atoms with E-state index in [-0.39, 0.29) is 17.5 Å². The molecule has 1 N–H and O–H groups in total. The largest absolute Gasteiger partial charge is 0.497 e. The Hall–Kier alpha value is -5.17. The quantitative estimate of drug-likeness (QED) is 0.287. The van der Waals surface area contributed by atoms with E-state index in [1.54, 1.807) is 37.4 Å². The standard InChI is InChI=1S/C36H30N2O5/c1-21-12-14-23(15-13-21)32(39)30-31(33(40)26-17-16-24(42-2)20-29(26)43-3)38-19-18-22-8-4-5-9-25(22)34(38)36(30)27-10-6-7-11-28(27)37-35(36)41/h4-20,30-31,34H,1-3H3,(H,37,41)/t30-,31+,34+,36+/m0/s1. The summed E-state index contributed by atoms with van der Waals surface area (Å²) in [5.74, 6) is -1.06. The van der Waals surface area contributed by atoms with Crippen molar-refractivity contribution in [2.75, 3.05) is 19.5 Å².